The molecule has 0 amide bonds. The zero-order valence-electron chi connectivity index (χ0n) is 9.63. The lowest BCUT2D eigenvalue weighted by atomic mass is 10.1. The lowest BCUT2D eigenvalue weighted by molar-refractivity contribution is 0.417. The Hall–Kier alpha value is 0.140. The van der Waals surface area contributed by atoms with Gasteiger partial charge in [0.2, 0.25) is 0 Å². The van der Waals surface area contributed by atoms with E-state index in [1.54, 1.807) is 0 Å². The third-order valence-corrected chi connectivity index (χ3v) is 5.82. The molecule has 3 rings (SSSR count). The van der Waals surface area contributed by atoms with E-state index in [0.29, 0.717) is 0 Å². The fourth-order valence-electron chi connectivity index (χ4n) is 2.45. The van der Waals surface area contributed by atoms with E-state index in [0.717, 1.165) is 24.4 Å². The molecule has 2 fully saturated rings. The van der Waals surface area contributed by atoms with Crippen molar-refractivity contribution >= 4 is 27.3 Å². The highest BCUT2D eigenvalue weighted by Crippen LogP contribution is 2.44. The summed E-state index contributed by atoms with van der Waals surface area (Å²) in [6.07, 6.45) is 5.84. The maximum absolute atomic E-state index is 3.79. The first-order valence-electron chi connectivity index (χ1n) is 6.22. The van der Waals surface area contributed by atoms with Crippen LogP contribution in [0.4, 0.5) is 0 Å². The molecule has 1 nitrogen and oxygen atoms in total. The number of rotatable bonds is 5. The van der Waals surface area contributed by atoms with Gasteiger partial charge in [0, 0.05) is 26.8 Å². The lowest BCUT2D eigenvalue weighted by Gasteiger charge is -2.16. The van der Waals surface area contributed by atoms with Gasteiger partial charge in [-0.15, -0.1) is 11.3 Å². The number of thiophene rings is 1. The topological polar surface area (TPSA) is 12.0 Å². The van der Waals surface area contributed by atoms with Crippen molar-refractivity contribution in [3.8, 4) is 0 Å². The van der Waals surface area contributed by atoms with Crippen LogP contribution in [0.3, 0.4) is 0 Å². The van der Waals surface area contributed by atoms with E-state index in [1.165, 1.54) is 39.9 Å². The largest absolute Gasteiger partial charge is 0.309 e. The highest BCUT2D eigenvalue weighted by Gasteiger charge is 2.40. The van der Waals surface area contributed by atoms with Gasteiger partial charge in [-0.05, 0) is 66.4 Å². The van der Waals surface area contributed by atoms with E-state index in [9.17, 15) is 0 Å². The molecule has 16 heavy (non-hydrogen) atoms. The second kappa shape index (κ2) is 4.43. The first kappa shape index (κ1) is 11.2. The first-order chi connectivity index (χ1) is 7.74. The average Bonchev–Trinajstić information content (AvgIpc) is 3.12. The van der Waals surface area contributed by atoms with Crippen LogP contribution >= 0.6 is 27.3 Å². The molecule has 0 saturated heterocycles. The number of nitrogens with one attached hydrogen (secondary N) is 1. The van der Waals surface area contributed by atoms with Crippen molar-refractivity contribution in [1.29, 1.82) is 0 Å². The van der Waals surface area contributed by atoms with Crippen molar-refractivity contribution in [3.63, 3.8) is 0 Å². The summed E-state index contributed by atoms with van der Waals surface area (Å²) in [5.41, 5.74) is 0. The van der Waals surface area contributed by atoms with Crippen molar-refractivity contribution in [2.45, 2.75) is 45.2 Å². The van der Waals surface area contributed by atoms with Crippen LogP contribution < -0.4 is 5.32 Å². The van der Waals surface area contributed by atoms with Gasteiger partial charge in [0.15, 0.2) is 0 Å². The van der Waals surface area contributed by atoms with Crippen molar-refractivity contribution in [3.05, 3.63) is 20.3 Å². The molecule has 0 spiro atoms. The predicted octanol–water partition coefficient (Wildman–Crippen LogP) is 4.10. The van der Waals surface area contributed by atoms with E-state index in [4.69, 9.17) is 0 Å². The van der Waals surface area contributed by atoms with E-state index in [-0.39, 0.29) is 0 Å². The molecular weight excluding hydrogens is 282 g/mol. The van der Waals surface area contributed by atoms with E-state index >= 15 is 0 Å². The van der Waals surface area contributed by atoms with Crippen LogP contribution in [-0.2, 0) is 6.54 Å². The van der Waals surface area contributed by atoms with Crippen LogP contribution in [0.15, 0.2) is 10.5 Å². The molecule has 0 bridgehead atoms. The molecule has 88 valence electrons. The zero-order chi connectivity index (χ0) is 11.1. The highest BCUT2D eigenvalue weighted by molar-refractivity contribution is 9.10. The monoisotopic (exact) mass is 299 g/mol. The smallest absolute Gasteiger partial charge is 0.0314 e. The molecular formula is C13H18BrNS. The van der Waals surface area contributed by atoms with Gasteiger partial charge in [0.1, 0.15) is 0 Å². The summed E-state index contributed by atoms with van der Waals surface area (Å²) in [4.78, 5) is 2.86. The minimum atomic E-state index is 0.821. The molecule has 0 aliphatic heterocycles. The Labute approximate surface area is 110 Å². The molecule has 0 radical (unpaired) electrons. The molecule has 2 saturated carbocycles. The second-order valence-corrected chi connectivity index (χ2v) is 7.39. The van der Waals surface area contributed by atoms with Crippen molar-refractivity contribution in [2.24, 2.45) is 11.8 Å². The van der Waals surface area contributed by atoms with E-state index in [1.807, 2.05) is 11.3 Å². The van der Waals surface area contributed by atoms with Gasteiger partial charge in [0.25, 0.3) is 0 Å². The molecule has 1 heterocycles. The van der Waals surface area contributed by atoms with Gasteiger partial charge in [-0.25, -0.2) is 0 Å². The number of halogens is 1. The summed E-state index contributed by atoms with van der Waals surface area (Å²) in [6, 6.07) is 3.09. The highest BCUT2D eigenvalue weighted by atomic mass is 79.9. The number of aryl methyl sites for hydroxylation is 1. The predicted molar refractivity (Wildman–Crippen MR) is 72.8 cm³/mol. The molecule has 1 aromatic heterocycles. The Morgan fingerprint density at radius 1 is 1.38 bits per heavy atom. The second-order valence-electron chi connectivity index (χ2n) is 5.20. The fraction of sp³-hybridized carbons (Fsp3) is 0.692. The van der Waals surface area contributed by atoms with Crippen molar-refractivity contribution in [1.82, 2.24) is 5.32 Å². The molecule has 0 atom stereocenters. The van der Waals surface area contributed by atoms with Crippen molar-refractivity contribution in [2.75, 3.05) is 0 Å². The van der Waals surface area contributed by atoms with E-state index < -0.39 is 0 Å². The van der Waals surface area contributed by atoms with Gasteiger partial charge in [-0.3, -0.25) is 0 Å². The van der Waals surface area contributed by atoms with Crippen LogP contribution in [0.2, 0.25) is 0 Å². The van der Waals surface area contributed by atoms with Crippen LogP contribution in [0.5, 0.6) is 0 Å². The Kier molecular flexibility index (Phi) is 3.11. The molecule has 2 aliphatic carbocycles. The molecule has 0 unspecified atom stereocenters. The first-order valence-corrected chi connectivity index (χ1v) is 7.83. The van der Waals surface area contributed by atoms with Gasteiger partial charge in [-0.1, -0.05) is 0 Å². The third kappa shape index (κ3) is 2.52. The molecule has 0 aromatic carbocycles. The Morgan fingerprint density at radius 2 is 2.00 bits per heavy atom. The summed E-state index contributed by atoms with van der Waals surface area (Å²) in [7, 11) is 0. The molecule has 1 N–H and O–H groups in total. The van der Waals surface area contributed by atoms with Gasteiger partial charge in [0.05, 0.1) is 0 Å². The Balaban J connectivity index is 1.57. The quantitative estimate of drug-likeness (QED) is 0.863. The summed E-state index contributed by atoms with van der Waals surface area (Å²) >= 11 is 5.50. The maximum Gasteiger partial charge on any atom is 0.0314 e. The number of hydrogen-bond donors (Lipinski definition) is 1. The zero-order valence-corrected chi connectivity index (χ0v) is 12.0. The minimum absolute atomic E-state index is 0.821. The van der Waals surface area contributed by atoms with Crippen LogP contribution in [-0.4, -0.2) is 6.04 Å². The van der Waals surface area contributed by atoms with Gasteiger partial charge >= 0.3 is 0 Å². The lowest BCUT2D eigenvalue weighted by Crippen LogP contribution is -2.32. The maximum atomic E-state index is 3.79. The molecule has 2 aliphatic rings. The van der Waals surface area contributed by atoms with Crippen LogP contribution in [0, 0.1) is 18.8 Å². The molecule has 1 aromatic rings. The number of hydrogen-bond acceptors (Lipinski definition) is 2. The van der Waals surface area contributed by atoms with Gasteiger partial charge in [-0.2, -0.15) is 0 Å². The van der Waals surface area contributed by atoms with Crippen LogP contribution in [0.1, 0.15) is 35.4 Å². The minimum Gasteiger partial charge on any atom is -0.309 e. The van der Waals surface area contributed by atoms with Gasteiger partial charge < -0.3 is 5.32 Å². The summed E-state index contributed by atoms with van der Waals surface area (Å²) in [5, 5.41) is 3.79. The summed E-state index contributed by atoms with van der Waals surface area (Å²) in [5.74, 6) is 1.99. The fourth-order valence-corrected chi connectivity index (χ4v) is 4.00. The van der Waals surface area contributed by atoms with E-state index in [2.05, 4.69) is 34.2 Å². The average molecular weight is 300 g/mol. The summed E-state index contributed by atoms with van der Waals surface area (Å²) < 4.78 is 1.27. The molecule has 3 heteroatoms. The third-order valence-electron chi connectivity index (χ3n) is 3.68. The Morgan fingerprint density at radius 3 is 2.44 bits per heavy atom. The SMILES string of the molecule is Cc1sc(CNC(C2CC2)C2CC2)cc1Br. The van der Waals surface area contributed by atoms with Crippen LogP contribution in [0.25, 0.3) is 0 Å². The Bertz CT molecular complexity index is 348. The standard InChI is InChI=1S/C13H18BrNS/c1-8-12(14)6-11(16-8)7-15-13(9-2-3-9)10-4-5-10/h6,9-10,13,15H,2-5,7H2,1H3. The normalized spacial score (nSPS) is 20.7. The van der Waals surface area contributed by atoms with Crippen molar-refractivity contribution < 1.29 is 0 Å². The summed E-state index contributed by atoms with van der Waals surface area (Å²) in [6.45, 7) is 3.24.